The fraction of sp³-hybridized carbons (Fsp3) is 0.238. The molecular weight excluding hydrogens is 390 g/mol. The summed E-state index contributed by atoms with van der Waals surface area (Å²) >= 11 is 0. The van der Waals surface area contributed by atoms with Crippen molar-refractivity contribution in [1.29, 1.82) is 0 Å². The summed E-state index contributed by atoms with van der Waals surface area (Å²) in [5.41, 5.74) is 1.80. The highest BCUT2D eigenvalue weighted by Gasteiger charge is 2.42. The van der Waals surface area contributed by atoms with Crippen LogP contribution in [0, 0.1) is 0 Å². The van der Waals surface area contributed by atoms with Crippen molar-refractivity contribution in [3.63, 3.8) is 0 Å². The SMILES string of the molecule is NS(=O)(=O)c1ccc(N2C(=O)C(c3ccccc3)=C(N3CCCCC3)C2=O)cc1. The number of carbonyl (C=O) groups is 2. The fourth-order valence-electron chi connectivity index (χ4n) is 3.81. The minimum Gasteiger partial charge on any atom is -0.366 e. The van der Waals surface area contributed by atoms with Crippen LogP contribution in [0.25, 0.3) is 5.57 Å². The van der Waals surface area contributed by atoms with Gasteiger partial charge in [-0.1, -0.05) is 30.3 Å². The first-order chi connectivity index (χ1) is 13.9. The molecule has 2 aromatic rings. The minimum atomic E-state index is -3.86. The van der Waals surface area contributed by atoms with Gasteiger partial charge in [-0.3, -0.25) is 9.59 Å². The van der Waals surface area contributed by atoms with Gasteiger partial charge in [0.2, 0.25) is 10.0 Å². The highest BCUT2D eigenvalue weighted by Crippen LogP contribution is 2.35. The maximum absolute atomic E-state index is 13.3. The highest BCUT2D eigenvalue weighted by atomic mass is 32.2. The van der Waals surface area contributed by atoms with Gasteiger partial charge >= 0.3 is 0 Å². The molecule has 0 aromatic heterocycles. The van der Waals surface area contributed by atoms with Crippen LogP contribution in [0.4, 0.5) is 5.69 Å². The zero-order valence-electron chi connectivity index (χ0n) is 15.7. The molecule has 2 N–H and O–H groups in total. The average molecular weight is 411 g/mol. The minimum absolute atomic E-state index is 0.0761. The number of hydrogen-bond donors (Lipinski definition) is 1. The maximum Gasteiger partial charge on any atom is 0.282 e. The van der Waals surface area contributed by atoms with Crippen LogP contribution in [-0.2, 0) is 19.6 Å². The molecule has 1 fully saturated rings. The lowest BCUT2D eigenvalue weighted by atomic mass is 10.0. The summed E-state index contributed by atoms with van der Waals surface area (Å²) in [6, 6.07) is 14.6. The predicted molar refractivity (Wildman–Crippen MR) is 109 cm³/mol. The van der Waals surface area contributed by atoms with Gasteiger partial charge in [-0.25, -0.2) is 18.5 Å². The number of carbonyl (C=O) groups excluding carboxylic acids is 2. The van der Waals surface area contributed by atoms with Crippen LogP contribution < -0.4 is 10.0 Å². The van der Waals surface area contributed by atoms with Crippen molar-refractivity contribution < 1.29 is 18.0 Å². The van der Waals surface area contributed by atoms with E-state index < -0.39 is 15.9 Å². The van der Waals surface area contributed by atoms with E-state index in [-0.39, 0.29) is 10.8 Å². The Morgan fingerprint density at radius 2 is 1.41 bits per heavy atom. The number of likely N-dealkylation sites (tertiary alicyclic amines) is 1. The van der Waals surface area contributed by atoms with Crippen molar-refractivity contribution >= 4 is 33.1 Å². The standard InChI is InChI=1S/C21H21N3O4S/c22-29(27,28)17-11-9-16(10-12-17)24-20(25)18(15-7-3-1-4-8-15)19(21(24)26)23-13-5-2-6-14-23/h1,3-4,7-12H,2,5-6,13-14H2,(H2,22,27,28). The molecule has 0 radical (unpaired) electrons. The van der Waals surface area contributed by atoms with E-state index in [1.807, 2.05) is 35.2 Å². The van der Waals surface area contributed by atoms with E-state index >= 15 is 0 Å². The molecule has 150 valence electrons. The van der Waals surface area contributed by atoms with Crippen LogP contribution in [0.3, 0.4) is 0 Å². The van der Waals surface area contributed by atoms with Crippen LogP contribution >= 0.6 is 0 Å². The van der Waals surface area contributed by atoms with Crippen LogP contribution in [0.5, 0.6) is 0 Å². The van der Waals surface area contributed by atoms with Gasteiger partial charge in [0, 0.05) is 13.1 Å². The zero-order chi connectivity index (χ0) is 20.6. The van der Waals surface area contributed by atoms with Crippen molar-refractivity contribution in [2.24, 2.45) is 5.14 Å². The monoisotopic (exact) mass is 411 g/mol. The number of sulfonamides is 1. The molecule has 2 aliphatic rings. The molecule has 2 heterocycles. The topological polar surface area (TPSA) is 101 Å². The lowest BCUT2D eigenvalue weighted by Crippen LogP contribution is -2.37. The molecule has 8 heteroatoms. The van der Waals surface area contributed by atoms with Gasteiger partial charge in [0.25, 0.3) is 11.8 Å². The van der Waals surface area contributed by atoms with Crippen LogP contribution in [0.1, 0.15) is 24.8 Å². The van der Waals surface area contributed by atoms with Crippen molar-refractivity contribution in [1.82, 2.24) is 4.90 Å². The Morgan fingerprint density at radius 1 is 0.793 bits per heavy atom. The summed E-state index contributed by atoms with van der Waals surface area (Å²) in [6.07, 6.45) is 3.04. The number of amides is 2. The number of benzene rings is 2. The second-order valence-corrected chi connectivity index (χ2v) is 8.68. The summed E-state index contributed by atoms with van der Waals surface area (Å²) in [4.78, 5) is 29.7. The molecule has 2 amide bonds. The fourth-order valence-corrected chi connectivity index (χ4v) is 4.33. The van der Waals surface area contributed by atoms with Gasteiger partial charge in [0.15, 0.2) is 0 Å². The van der Waals surface area contributed by atoms with Gasteiger partial charge in [0.1, 0.15) is 5.70 Å². The number of imide groups is 1. The second-order valence-electron chi connectivity index (χ2n) is 7.12. The molecule has 0 unspecified atom stereocenters. The molecule has 2 aromatic carbocycles. The normalized spacial score (nSPS) is 18.0. The second kappa shape index (κ2) is 7.46. The molecule has 29 heavy (non-hydrogen) atoms. The Balaban J connectivity index is 1.78. The van der Waals surface area contributed by atoms with Gasteiger partial charge in [-0.2, -0.15) is 0 Å². The van der Waals surface area contributed by atoms with E-state index in [0.29, 0.717) is 22.5 Å². The zero-order valence-corrected chi connectivity index (χ0v) is 16.6. The first kappa shape index (κ1) is 19.4. The number of hydrogen-bond acceptors (Lipinski definition) is 5. The molecule has 7 nitrogen and oxygen atoms in total. The summed E-state index contributed by atoms with van der Waals surface area (Å²) in [5, 5.41) is 5.14. The molecule has 2 aliphatic heterocycles. The maximum atomic E-state index is 13.3. The first-order valence-electron chi connectivity index (χ1n) is 9.44. The molecular formula is C21H21N3O4S. The highest BCUT2D eigenvalue weighted by molar-refractivity contribution is 7.89. The van der Waals surface area contributed by atoms with Crippen molar-refractivity contribution in [3.05, 3.63) is 65.9 Å². The molecule has 1 saturated heterocycles. The number of anilines is 1. The first-order valence-corrected chi connectivity index (χ1v) is 11.0. The number of primary sulfonamides is 1. The van der Waals surface area contributed by atoms with E-state index in [1.54, 1.807) is 0 Å². The lowest BCUT2D eigenvalue weighted by Gasteiger charge is -2.29. The van der Waals surface area contributed by atoms with E-state index in [1.165, 1.54) is 24.3 Å². The predicted octanol–water partition coefficient (Wildman–Crippen LogP) is 2.10. The van der Waals surface area contributed by atoms with Gasteiger partial charge in [-0.15, -0.1) is 0 Å². The molecule has 0 atom stereocenters. The lowest BCUT2D eigenvalue weighted by molar-refractivity contribution is -0.120. The number of nitrogens with two attached hydrogens (primary N) is 1. The number of piperidine rings is 1. The third-order valence-electron chi connectivity index (χ3n) is 5.22. The summed E-state index contributed by atoms with van der Waals surface area (Å²) in [6.45, 7) is 1.45. The summed E-state index contributed by atoms with van der Waals surface area (Å²) in [7, 11) is -3.86. The van der Waals surface area contributed by atoms with Crippen molar-refractivity contribution in [2.45, 2.75) is 24.2 Å². The van der Waals surface area contributed by atoms with Gasteiger partial charge in [0.05, 0.1) is 16.2 Å². The third-order valence-corrected chi connectivity index (χ3v) is 6.15. The molecule has 0 bridgehead atoms. The van der Waals surface area contributed by atoms with E-state index in [9.17, 15) is 18.0 Å². The van der Waals surface area contributed by atoms with Crippen LogP contribution in [-0.4, -0.2) is 38.2 Å². The van der Waals surface area contributed by atoms with E-state index in [0.717, 1.165) is 37.3 Å². The summed E-state index contributed by atoms with van der Waals surface area (Å²) < 4.78 is 23.0. The Labute approximate surface area is 169 Å². The Hall–Kier alpha value is -2.97. The number of rotatable bonds is 4. The Bertz CT molecular complexity index is 1090. The number of nitrogens with zero attached hydrogens (tertiary/aromatic N) is 2. The summed E-state index contributed by atoms with van der Waals surface area (Å²) in [5.74, 6) is -0.802. The van der Waals surface area contributed by atoms with Crippen molar-refractivity contribution in [2.75, 3.05) is 18.0 Å². The van der Waals surface area contributed by atoms with Crippen molar-refractivity contribution in [3.8, 4) is 0 Å². The van der Waals surface area contributed by atoms with Crippen LogP contribution in [0.2, 0.25) is 0 Å². The molecule has 4 rings (SSSR count). The van der Waals surface area contributed by atoms with E-state index in [2.05, 4.69) is 0 Å². The third kappa shape index (κ3) is 3.56. The van der Waals surface area contributed by atoms with Gasteiger partial charge in [-0.05, 0) is 49.1 Å². The largest absolute Gasteiger partial charge is 0.366 e. The van der Waals surface area contributed by atoms with Gasteiger partial charge < -0.3 is 4.90 Å². The Kier molecular flexibility index (Phi) is 4.97. The van der Waals surface area contributed by atoms with E-state index in [4.69, 9.17) is 5.14 Å². The Morgan fingerprint density at radius 3 is 2.00 bits per heavy atom. The quantitative estimate of drug-likeness (QED) is 0.777. The van der Waals surface area contributed by atoms with Crippen LogP contribution in [0.15, 0.2) is 65.2 Å². The average Bonchev–Trinajstić information content (AvgIpc) is 2.99. The molecule has 0 aliphatic carbocycles. The molecule has 0 saturated carbocycles. The smallest absolute Gasteiger partial charge is 0.282 e. The molecule has 0 spiro atoms.